The van der Waals surface area contributed by atoms with Crippen molar-refractivity contribution in [2.75, 3.05) is 61.7 Å². The topological polar surface area (TPSA) is 485 Å². The summed E-state index contributed by atoms with van der Waals surface area (Å²) in [6.45, 7) is 6.16. The van der Waals surface area contributed by atoms with Gasteiger partial charge in [-0.15, -0.1) is 12.8 Å². The maximum Gasteiger partial charge on any atom is 0.179 e. The third-order valence-corrected chi connectivity index (χ3v) is 21.0. The number of carbonyl (C=O) groups is 2. The zero-order chi connectivity index (χ0) is 74.4. The van der Waals surface area contributed by atoms with Crippen LogP contribution in [-0.4, -0.2) is 184 Å². The maximum atomic E-state index is 11.3. The zero-order valence-electron chi connectivity index (χ0n) is 55.5. The first-order chi connectivity index (χ1) is 49.2. The summed E-state index contributed by atoms with van der Waals surface area (Å²) in [5, 5.41) is 62.7. The number of hydrogen-bond donors (Lipinski definition) is 11. The number of fused-ring (bicyclic) bond motifs is 5. The van der Waals surface area contributed by atoms with E-state index in [2.05, 4.69) is 61.7 Å². The second-order valence-corrected chi connectivity index (χ2v) is 27.6. The first-order valence-electron chi connectivity index (χ1n) is 32.0. The largest absolute Gasteiger partial charge is 0.393 e. The van der Waals surface area contributed by atoms with E-state index in [1.165, 1.54) is 31.6 Å². The Morgan fingerprint density at radius 1 is 0.456 bits per heavy atom. The van der Waals surface area contributed by atoms with Crippen molar-refractivity contribution in [2.24, 2.45) is 23.7 Å². The van der Waals surface area contributed by atoms with Crippen molar-refractivity contribution in [3.63, 3.8) is 0 Å². The van der Waals surface area contributed by atoms with Crippen molar-refractivity contribution in [1.29, 1.82) is 0 Å². The van der Waals surface area contributed by atoms with Crippen LogP contribution in [0.4, 0.5) is 29.1 Å². The van der Waals surface area contributed by atoms with Crippen LogP contribution < -0.4 is 28.7 Å². The number of ether oxygens (including phenoxy) is 5. The summed E-state index contributed by atoms with van der Waals surface area (Å²) in [7, 11) is 0. The molecule has 0 unspecified atom stereocenters. The summed E-state index contributed by atoms with van der Waals surface area (Å²) in [6, 6.07) is 0. The van der Waals surface area contributed by atoms with Crippen LogP contribution in [0.5, 0.6) is 0 Å². The molecular formula is C65H73Cl5N20O13. The van der Waals surface area contributed by atoms with Crippen molar-refractivity contribution in [1.82, 2.24) is 72.7 Å². The molecule has 15 rings (SSSR count). The second kappa shape index (κ2) is 30.3. The van der Waals surface area contributed by atoms with Crippen LogP contribution in [0.3, 0.4) is 0 Å². The summed E-state index contributed by atoms with van der Waals surface area (Å²) >= 11 is 30.9. The number of nitrogen functional groups attached to an aromatic ring is 5. The van der Waals surface area contributed by atoms with Gasteiger partial charge < -0.3 is 115 Å². The van der Waals surface area contributed by atoms with Crippen LogP contribution in [0.15, 0.2) is 62.6 Å². The molecule has 10 aromatic rings. The Morgan fingerprint density at radius 3 is 1.08 bits per heavy atom. The first-order valence-corrected chi connectivity index (χ1v) is 33.9. The lowest BCUT2D eigenvalue weighted by atomic mass is 9.90. The Morgan fingerprint density at radius 2 is 0.786 bits per heavy atom. The van der Waals surface area contributed by atoms with Gasteiger partial charge in [0.15, 0.2) is 23.1 Å². The lowest BCUT2D eigenvalue weighted by Gasteiger charge is -2.28. The molecule has 0 spiro atoms. The van der Waals surface area contributed by atoms with Gasteiger partial charge in [-0.3, -0.25) is 0 Å². The van der Waals surface area contributed by atoms with E-state index in [0.29, 0.717) is 129 Å². The molecule has 14 atom stereocenters. The number of halogens is 5. The van der Waals surface area contributed by atoms with E-state index < -0.39 is 47.6 Å². The van der Waals surface area contributed by atoms with Crippen molar-refractivity contribution in [3.05, 3.63) is 87.7 Å². The molecule has 0 saturated carbocycles. The molecule has 5 aliphatic heterocycles. The summed E-state index contributed by atoms with van der Waals surface area (Å²) in [4.78, 5) is 62.8. The van der Waals surface area contributed by atoms with Crippen LogP contribution in [0.25, 0.3) is 55.2 Å². The molecule has 10 aromatic heterocycles. The Balaban J connectivity index is 0.000000129. The number of aliphatic hydroxyl groups excluding tert-OH is 6. The van der Waals surface area contributed by atoms with Crippen molar-refractivity contribution in [3.8, 4) is 24.7 Å². The molecule has 0 radical (unpaired) electrons. The Labute approximate surface area is 611 Å². The van der Waals surface area contributed by atoms with Gasteiger partial charge in [-0.2, -0.15) is 0 Å². The summed E-state index contributed by atoms with van der Waals surface area (Å²) in [5.41, 5.74) is 27.4. The van der Waals surface area contributed by atoms with E-state index in [-0.39, 0.29) is 87.1 Å². The van der Waals surface area contributed by atoms with E-state index in [4.69, 9.17) is 123 Å². The molecule has 5 aliphatic rings. The predicted molar refractivity (Wildman–Crippen MR) is 381 cm³/mol. The van der Waals surface area contributed by atoms with E-state index in [0.717, 1.165) is 12.7 Å². The molecule has 16 N–H and O–H groups in total. The van der Waals surface area contributed by atoms with Crippen molar-refractivity contribution >= 4 is 155 Å². The third-order valence-electron chi connectivity index (χ3n) is 19.6. The lowest BCUT2D eigenvalue weighted by Crippen LogP contribution is -2.42. The van der Waals surface area contributed by atoms with Gasteiger partial charge >= 0.3 is 0 Å². The standard InChI is InChI=1S/C14H15ClN4O2.C13H17ClN4O3.C13H15ClN4O3.C13H13ClN4O3.C12H13ClN4O2/c1-3-14(6-20)8(2)4-10(21-14)19-5-9(15)11-12(16)17-7-18-13(11)19;2*1-7-2-9(21-13(7,4-19)5-20)18-3-8(14)10-11(15)16-6-17-12(10)18;1-2-13(5-19)8(20)3-9(21-13)18-4-7(14)10-11(15)16-6-17-12(10)18;1-6-2-9(19-8(6)4-18)17-3-7(13)10-11(14)15-5-16-12(10)17/h1,5,7-8,10,20H,4,6H2,2H3,(H2,16,17,18);3,6-7,9,19-20H,2,4-5H2,1H3,(H2,15,16,17);3-4,6-7,9,20H,2,5H2,1H3,(H2,15,16,17);1,4,6,8-9,19-20H,3,5H2,(H2,15,16,17);3-6,8-9H,2H2,1H3,(H2,14,15,16)/t8-,10+,14+;7-,9+;7-,9+,13+;8-,9+,13+;6-,8+,9+/m00000/s1. The highest BCUT2D eigenvalue weighted by atomic mass is 35.5. The maximum absolute atomic E-state index is 11.3. The van der Waals surface area contributed by atoms with E-state index in [1.54, 1.807) is 49.3 Å². The van der Waals surface area contributed by atoms with Crippen LogP contribution in [0, 0.1) is 48.4 Å². The number of aldehydes is 2. The number of anilines is 5. The van der Waals surface area contributed by atoms with E-state index >= 15 is 0 Å². The molecule has 0 aliphatic carbocycles. The van der Waals surface area contributed by atoms with Gasteiger partial charge in [-0.25, -0.2) is 49.8 Å². The highest BCUT2D eigenvalue weighted by Gasteiger charge is 2.51. The Kier molecular flexibility index (Phi) is 22.3. The van der Waals surface area contributed by atoms with Gasteiger partial charge in [0.1, 0.15) is 144 Å². The fourth-order valence-electron chi connectivity index (χ4n) is 13.3. The minimum Gasteiger partial charge on any atom is -0.393 e. The van der Waals surface area contributed by atoms with Crippen LogP contribution in [0.1, 0.15) is 90.9 Å². The summed E-state index contributed by atoms with van der Waals surface area (Å²) < 4.78 is 37.8. The fourth-order valence-corrected chi connectivity index (χ4v) is 14.8. The predicted octanol–water partition coefficient (Wildman–Crippen LogP) is 5.78. The number of terminal acetylenes is 2. The number of aliphatic hydroxyl groups is 6. The highest BCUT2D eigenvalue weighted by molar-refractivity contribution is 6.38. The lowest BCUT2D eigenvalue weighted by molar-refractivity contribution is -0.144. The minimum absolute atomic E-state index is 0.00657. The van der Waals surface area contributed by atoms with Gasteiger partial charge in [0.05, 0.1) is 85.1 Å². The molecular weight excluding hydrogens is 1450 g/mol. The van der Waals surface area contributed by atoms with Crippen molar-refractivity contribution < 1.29 is 63.9 Å². The number of nitrogens with zero attached hydrogens (tertiary/aromatic N) is 15. The van der Waals surface area contributed by atoms with E-state index in [9.17, 15) is 40.2 Å². The number of rotatable bonds is 12. The monoisotopic (exact) mass is 1520 g/mol. The Bertz CT molecular complexity index is 4760. The molecule has 5 fully saturated rings. The highest BCUT2D eigenvalue weighted by Crippen LogP contribution is 2.48. The van der Waals surface area contributed by atoms with E-state index in [1.807, 2.05) is 32.3 Å². The second-order valence-electron chi connectivity index (χ2n) is 25.6. The molecule has 15 heterocycles. The SMILES string of the molecule is C#C[C@]1(CO)O[C@@H](n2cc(Cl)c3c(N)ncnc32)C[C@@H]1C.C#C[C@]1(CO)O[C@@H](n2cc(Cl)c3c(N)ncnc32)C[C@@H]1O.C[C@H]1C[C@H](n2cc(Cl)c3c(N)ncnc32)OC1(CO)CO.C[C@H]1C[C@H](n2cc(Cl)c3c(N)ncnc32)O[C@@H]1C=O.C[C@H]1C[C@H](n2cc(Cl)c3c(N)ncnc32)O[C@]1(C=O)CO. The van der Waals surface area contributed by atoms with Crippen LogP contribution in [-0.2, 0) is 33.3 Å². The van der Waals surface area contributed by atoms with Crippen molar-refractivity contribution in [2.45, 2.75) is 126 Å². The average molecular weight is 1520 g/mol. The average Bonchev–Trinajstić information content (AvgIpc) is 1.63. The molecule has 5 saturated heterocycles. The number of hydrogen-bond acceptors (Lipinski definition) is 28. The van der Waals surface area contributed by atoms with Crippen LogP contribution >= 0.6 is 58.0 Å². The molecule has 38 heteroatoms. The third kappa shape index (κ3) is 13.7. The molecule has 0 bridgehead atoms. The number of carbonyl (C=O) groups excluding carboxylic acids is 2. The zero-order valence-corrected chi connectivity index (χ0v) is 59.3. The summed E-state index contributed by atoms with van der Waals surface area (Å²) in [5.74, 6) is 6.44. The van der Waals surface area contributed by atoms with Crippen LogP contribution in [0.2, 0.25) is 25.1 Å². The molecule has 0 aromatic carbocycles. The van der Waals surface area contributed by atoms with Gasteiger partial charge in [0.2, 0.25) is 0 Å². The molecule has 33 nitrogen and oxygen atoms in total. The summed E-state index contributed by atoms with van der Waals surface area (Å²) in [6.07, 6.45) is 26.9. The number of aromatic nitrogens is 15. The van der Waals surface area contributed by atoms with Gasteiger partial charge in [-0.1, -0.05) is 97.5 Å². The smallest absolute Gasteiger partial charge is 0.179 e. The minimum atomic E-state index is -1.42. The normalized spacial score (nSPS) is 27.7. The fraction of sp³-hybridized carbons (Fsp3) is 0.446. The molecule has 103 heavy (non-hydrogen) atoms. The van der Waals surface area contributed by atoms with Gasteiger partial charge in [0, 0.05) is 43.3 Å². The first kappa shape index (κ1) is 75.7. The number of nitrogens with two attached hydrogens (primary N) is 5. The molecule has 546 valence electrons. The van der Waals surface area contributed by atoms with Gasteiger partial charge in [-0.05, 0) is 43.4 Å². The molecule has 0 amide bonds. The quantitative estimate of drug-likeness (QED) is 0.0509. The Hall–Kier alpha value is -8.43. The van der Waals surface area contributed by atoms with Gasteiger partial charge in [0.25, 0.3) is 0 Å².